The highest BCUT2D eigenvalue weighted by Crippen LogP contribution is 2.23. The lowest BCUT2D eigenvalue weighted by Crippen LogP contribution is -2.44. The summed E-state index contributed by atoms with van der Waals surface area (Å²) in [5.41, 5.74) is 0.418. The summed E-state index contributed by atoms with van der Waals surface area (Å²) in [6.45, 7) is 2.30. The van der Waals surface area contributed by atoms with Crippen LogP contribution in [0.4, 0.5) is 4.39 Å². The van der Waals surface area contributed by atoms with Crippen LogP contribution in [0.1, 0.15) is 30.1 Å². The summed E-state index contributed by atoms with van der Waals surface area (Å²) in [6.07, 6.45) is 0.883. The number of hydrogen-bond donors (Lipinski definition) is 0. The Balaban J connectivity index is 2.08. The minimum Gasteiger partial charge on any atom is -0.381 e. The van der Waals surface area contributed by atoms with Gasteiger partial charge in [0.15, 0.2) is 5.78 Å². The molecule has 1 heterocycles. The van der Waals surface area contributed by atoms with Crippen molar-refractivity contribution in [1.82, 2.24) is 4.31 Å². The third-order valence-electron chi connectivity index (χ3n) is 4.12. The van der Waals surface area contributed by atoms with Gasteiger partial charge in [0.1, 0.15) is 5.82 Å². The summed E-state index contributed by atoms with van der Waals surface area (Å²) >= 11 is 0. The standard InChI is InChI=1S/C16H22FNO4S/c1-12(22-2)11-23(20,21)18-9-3-4-14(10-18)16(19)13-5-7-15(17)8-6-13/h5-8,12,14H,3-4,9-11H2,1-2H3/t12-,14+/m1/s1. The number of ether oxygens (including phenoxy) is 1. The molecule has 128 valence electrons. The van der Waals surface area contributed by atoms with Crippen LogP contribution in [-0.2, 0) is 14.8 Å². The zero-order valence-electron chi connectivity index (χ0n) is 13.4. The smallest absolute Gasteiger partial charge is 0.216 e. The fourth-order valence-corrected chi connectivity index (χ4v) is 4.48. The lowest BCUT2D eigenvalue weighted by atomic mass is 9.91. The molecule has 0 amide bonds. The average molecular weight is 343 g/mol. The number of sulfonamides is 1. The Bertz CT molecular complexity index is 645. The van der Waals surface area contributed by atoms with E-state index in [1.54, 1.807) is 6.92 Å². The van der Waals surface area contributed by atoms with Gasteiger partial charge in [-0.15, -0.1) is 0 Å². The molecule has 1 aliphatic heterocycles. The van der Waals surface area contributed by atoms with E-state index < -0.39 is 21.9 Å². The van der Waals surface area contributed by atoms with Crippen molar-refractivity contribution in [3.8, 4) is 0 Å². The second kappa shape index (κ2) is 7.51. The lowest BCUT2D eigenvalue weighted by Gasteiger charge is -2.31. The summed E-state index contributed by atoms with van der Waals surface area (Å²) in [5, 5.41) is 0. The minimum atomic E-state index is -3.45. The van der Waals surface area contributed by atoms with Gasteiger partial charge >= 0.3 is 0 Å². The zero-order valence-corrected chi connectivity index (χ0v) is 14.2. The van der Waals surface area contributed by atoms with Gasteiger partial charge in [-0.1, -0.05) is 0 Å². The van der Waals surface area contributed by atoms with Gasteiger partial charge in [-0.2, -0.15) is 0 Å². The first-order valence-electron chi connectivity index (χ1n) is 7.64. The molecular formula is C16H22FNO4S. The zero-order chi connectivity index (χ0) is 17.0. The van der Waals surface area contributed by atoms with Gasteiger partial charge in [0.25, 0.3) is 0 Å². The van der Waals surface area contributed by atoms with Gasteiger partial charge in [0.2, 0.25) is 10.0 Å². The van der Waals surface area contributed by atoms with E-state index in [-0.39, 0.29) is 24.0 Å². The van der Waals surface area contributed by atoms with E-state index in [0.717, 1.165) is 0 Å². The normalized spacial score (nSPS) is 21.1. The molecule has 2 atom stereocenters. The Labute approximate surface area is 136 Å². The van der Waals surface area contributed by atoms with Crippen molar-refractivity contribution < 1.29 is 22.3 Å². The second-order valence-corrected chi connectivity index (χ2v) is 7.91. The molecule has 0 spiro atoms. The third-order valence-corrected chi connectivity index (χ3v) is 6.13. The fourth-order valence-electron chi connectivity index (χ4n) is 2.73. The molecule has 1 fully saturated rings. The molecule has 7 heteroatoms. The number of nitrogens with zero attached hydrogens (tertiary/aromatic N) is 1. The molecule has 0 saturated carbocycles. The van der Waals surface area contributed by atoms with Crippen LogP contribution >= 0.6 is 0 Å². The van der Waals surface area contributed by atoms with E-state index in [2.05, 4.69) is 0 Å². The average Bonchev–Trinajstić information content (AvgIpc) is 2.54. The van der Waals surface area contributed by atoms with Crippen LogP contribution in [0.15, 0.2) is 24.3 Å². The van der Waals surface area contributed by atoms with Crippen LogP contribution in [0.25, 0.3) is 0 Å². The van der Waals surface area contributed by atoms with Crippen molar-refractivity contribution in [2.24, 2.45) is 5.92 Å². The molecule has 0 N–H and O–H groups in total. The second-order valence-electron chi connectivity index (χ2n) is 5.89. The van der Waals surface area contributed by atoms with Crippen molar-refractivity contribution in [2.75, 3.05) is 26.0 Å². The van der Waals surface area contributed by atoms with Crippen molar-refractivity contribution >= 4 is 15.8 Å². The number of methoxy groups -OCH3 is 1. The van der Waals surface area contributed by atoms with Gasteiger partial charge in [0, 0.05) is 31.7 Å². The minimum absolute atomic E-state index is 0.0963. The summed E-state index contributed by atoms with van der Waals surface area (Å²) in [4.78, 5) is 12.5. The summed E-state index contributed by atoms with van der Waals surface area (Å²) in [7, 11) is -1.98. The molecule has 0 radical (unpaired) electrons. The number of benzene rings is 1. The largest absolute Gasteiger partial charge is 0.381 e. The molecule has 1 aliphatic rings. The summed E-state index contributed by atoms with van der Waals surface area (Å²) in [6, 6.07) is 5.37. The molecule has 0 unspecified atom stereocenters. The molecule has 2 rings (SSSR count). The van der Waals surface area contributed by atoms with Gasteiger partial charge in [-0.05, 0) is 44.0 Å². The molecule has 23 heavy (non-hydrogen) atoms. The van der Waals surface area contributed by atoms with E-state index in [4.69, 9.17) is 4.74 Å². The van der Waals surface area contributed by atoms with Gasteiger partial charge in [0.05, 0.1) is 11.9 Å². The topological polar surface area (TPSA) is 63.7 Å². The van der Waals surface area contributed by atoms with E-state index in [0.29, 0.717) is 24.9 Å². The van der Waals surface area contributed by atoms with Crippen molar-refractivity contribution in [1.29, 1.82) is 0 Å². The van der Waals surface area contributed by atoms with Crippen LogP contribution in [0, 0.1) is 11.7 Å². The van der Waals surface area contributed by atoms with Crippen molar-refractivity contribution in [3.63, 3.8) is 0 Å². The highest BCUT2D eigenvalue weighted by molar-refractivity contribution is 7.89. The number of ketones is 1. The molecule has 1 aromatic carbocycles. The number of halogens is 1. The number of carbonyl (C=O) groups is 1. The molecule has 0 bridgehead atoms. The predicted octanol–water partition coefficient (Wildman–Crippen LogP) is 2.09. The fraction of sp³-hybridized carbons (Fsp3) is 0.562. The number of piperidine rings is 1. The van der Waals surface area contributed by atoms with Crippen molar-refractivity contribution in [2.45, 2.75) is 25.9 Å². The van der Waals surface area contributed by atoms with Gasteiger partial charge < -0.3 is 4.74 Å². The highest BCUT2D eigenvalue weighted by atomic mass is 32.2. The number of Topliss-reactive ketones (excluding diaryl/α,β-unsaturated/α-hetero) is 1. The Kier molecular flexibility index (Phi) is 5.89. The maximum absolute atomic E-state index is 13.0. The van der Waals surface area contributed by atoms with Gasteiger partial charge in [-0.25, -0.2) is 17.1 Å². The summed E-state index contributed by atoms with van der Waals surface area (Å²) < 4.78 is 44.1. The van der Waals surface area contributed by atoms with E-state index >= 15 is 0 Å². The van der Waals surface area contributed by atoms with Crippen molar-refractivity contribution in [3.05, 3.63) is 35.6 Å². The Morgan fingerprint density at radius 3 is 2.65 bits per heavy atom. The molecule has 0 aromatic heterocycles. The quantitative estimate of drug-likeness (QED) is 0.742. The molecular weight excluding hydrogens is 321 g/mol. The first-order chi connectivity index (χ1) is 10.8. The number of hydrogen-bond acceptors (Lipinski definition) is 4. The Morgan fingerprint density at radius 2 is 2.04 bits per heavy atom. The molecule has 1 saturated heterocycles. The monoisotopic (exact) mass is 343 g/mol. The SMILES string of the molecule is CO[C@H](C)CS(=O)(=O)N1CCC[C@H](C(=O)c2ccc(F)cc2)C1. The van der Waals surface area contributed by atoms with Crippen LogP contribution in [0.5, 0.6) is 0 Å². The number of rotatable bonds is 6. The maximum atomic E-state index is 13.0. The highest BCUT2D eigenvalue weighted by Gasteiger charge is 2.33. The third kappa shape index (κ3) is 4.59. The summed E-state index contributed by atoms with van der Waals surface area (Å²) in [5.74, 6) is -1.02. The van der Waals surface area contributed by atoms with Crippen LogP contribution in [0.2, 0.25) is 0 Å². The van der Waals surface area contributed by atoms with Crippen LogP contribution < -0.4 is 0 Å². The molecule has 1 aromatic rings. The van der Waals surface area contributed by atoms with Gasteiger partial charge in [-0.3, -0.25) is 4.79 Å². The van der Waals surface area contributed by atoms with Crippen LogP contribution in [0.3, 0.4) is 0 Å². The molecule has 0 aliphatic carbocycles. The Morgan fingerprint density at radius 1 is 1.39 bits per heavy atom. The predicted molar refractivity (Wildman–Crippen MR) is 85.3 cm³/mol. The van der Waals surface area contributed by atoms with E-state index in [1.807, 2.05) is 0 Å². The first-order valence-corrected chi connectivity index (χ1v) is 9.25. The first kappa shape index (κ1) is 18.0. The van der Waals surface area contributed by atoms with E-state index in [9.17, 15) is 17.6 Å². The lowest BCUT2D eigenvalue weighted by molar-refractivity contribution is 0.0871. The number of carbonyl (C=O) groups excluding carboxylic acids is 1. The molecule has 5 nitrogen and oxygen atoms in total. The van der Waals surface area contributed by atoms with E-state index in [1.165, 1.54) is 35.7 Å². The Hall–Kier alpha value is -1.31. The van der Waals surface area contributed by atoms with Crippen LogP contribution in [-0.4, -0.2) is 50.6 Å². The maximum Gasteiger partial charge on any atom is 0.216 e.